The van der Waals surface area contributed by atoms with Gasteiger partial charge in [0.2, 0.25) is 0 Å². The first-order chi connectivity index (χ1) is 7.38. The second-order valence-corrected chi connectivity index (χ2v) is 5.26. The molecule has 0 aromatic carbocycles. The van der Waals surface area contributed by atoms with Crippen molar-refractivity contribution in [1.82, 2.24) is 10.2 Å². The first-order valence-electron chi connectivity index (χ1n) is 6.84. The molecule has 0 aromatic heterocycles. The lowest BCUT2D eigenvalue weighted by molar-refractivity contribution is 0.173. The minimum atomic E-state index is 0.844. The summed E-state index contributed by atoms with van der Waals surface area (Å²) in [5, 5.41) is 3.68. The first kappa shape index (κ1) is 11.4. The topological polar surface area (TPSA) is 15.3 Å². The lowest BCUT2D eigenvalue weighted by Gasteiger charge is -2.34. The van der Waals surface area contributed by atoms with E-state index in [1.807, 2.05) is 0 Å². The van der Waals surface area contributed by atoms with E-state index >= 15 is 0 Å². The van der Waals surface area contributed by atoms with Crippen molar-refractivity contribution in [3.8, 4) is 0 Å². The van der Waals surface area contributed by atoms with E-state index in [9.17, 15) is 0 Å². The van der Waals surface area contributed by atoms with Crippen LogP contribution in [0.25, 0.3) is 0 Å². The van der Waals surface area contributed by atoms with Crippen LogP contribution in [0.2, 0.25) is 0 Å². The molecule has 0 aliphatic carbocycles. The number of hydrogen-bond acceptors (Lipinski definition) is 2. The van der Waals surface area contributed by atoms with Crippen LogP contribution in [0.1, 0.15) is 45.4 Å². The van der Waals surface area contributed by atoms with Crippen LogP contribution in [0.15, 0.2) is 0 Å². The SMILES string of the molecule is CCN1CCC(CC2CCCCN2)CC1. The van der Waals surface area contributed by atoms with Crippen LogP contribution in [0.3, 0.4) is 0 Å². The lowest BCUT2D eigenvalue weighted by atomic mass is 9.87. The third-order valence-electron chi connectivity index (χ3n) is 4.18. The Morgan fingerprint density at radius 1 is 1.13 bits per heavy atom. The second kappa shape index (κ2) is 5.86. The summed E-state index contributed by atoms with van der Waals surface area (Å²) in [6.07, 6.45) is 8.58. The first-order valence-corrected chi connectivity index (χ1v) is 6.84. The van der Waals surface area contributed by atoms with Gasteiger partial charge in [-0.05, 0) is 64.2 Å². The summed E-state index contributed by atoms with van der Waals surface area (Å²) in [5.41, 5.74) is 0. The molecule has 0 aromatic rings. The molecule has 1 unspecified atom stereocenters. The summed E-state index contributed by atoms with van der Waals surface area (Å²) < 4.78 is 0. The van der Waals surface area contributed by atoms with E-state index < -0.39 is 0 Å². The van der Waals surface area contributed by atoms with Gasteiger partial charge in [0.25, 0.3) is 0 Å². The van der Waals surface area contributed by atoms with Crippen LogP contribution in [-0.4, -0.2) is 37.1 Å². The molecule has 88 valence electrons. The molecule has 1 atom stereocenters. The zero-order chi connectivity index (χ0) is 10.5. The van der Waals surface area contributed by atoms with Crippen molar-refractivity contribution in [3.05, 3.63) is 0 Å². The summed E-state index contributed by atoms with van der Waals surface area (Å²) in [4.78, 5) is 2.59. The zero-order valence-electron chi connectivity index (χ0n) is 10.2. The maximum atomic E-state index is 3.68. The fraction of sp³-hybridized carbons (Fsp3) is 1.00. The van der Waals surface area contributed by atoms with E-state index in [1.165, 1.54) is 64.7 Å². The number of rotatable bonds is 3. The smallest absolute Gasteiger partial charge is 0.00697 e. The Kier molecular flexibility index (Phi) is 4.45. The van der Waals surface area contributed by atoms with Gasteiger partial charge in [0.05, 0.1) is 0 Å². The summed E-state index contributed by atoms with van der Waals surface area (Å²) >= 11 is 0. The maximum Gasteiger partial charge on any atom is 0.00697 e. The third-order valence-corrected chi connectivity index (χ3v) is 4.18. The van der Waals surface area contributed by atoms with Crippen LogP contribution in [0, 0.1) is 5.92 Å². The average molecular weight is 210 g/mol. The molecular formula is C13H26N2. The largest absolute Gasteiger partial charge is 0.314 e. The molecule has 0 spiro atoms. The lowest BCUT2D eigenvalue weighted by Crippen LogP contribution is -2.39. The summed E-state index contributed by atoms with van der Waals surface area (Å²) in [7, 11) is 0. The molecule has 1 N–H and O–H groups in total. The fourth-order valence-corrected chi connectivity index (χ4v) is 3.07. The van der Waals surface area contributed by atoms with Crippen molar-refractivity contribution < 1.29 is 0 Å². The number of likely N-dealkylation sites (tertiary alicyclic amines) is 1. The molecule has 0 saturated carbocycles. The van der Waals surface area contributed by atoms with Gasteiger partial charge in [0.1, 0.15) is 0 Å². The van der Waals surface area contributed by atoms with Crippen molar-refractivity contribution in [1.29, 1.82) is 0 Å². The Morgan fingerprint density at radius 3 is 2.53 bits per heavy atom. The van der Waals surface area contributed by atoms with Crippen molar-refractivity contribution in [2.45, 2.75) is 51.5 Å². The van der Waals surface area contributed by atoms with Crippen molar-refractivity contribution in [2.75, 3.05) is 26.2 Å². The molecule has 2 heterocycles. The molecule has 2 aliphatic rings. The maximum absolute atomic E-state index is 3.68. The predicted molar refractivity (Wildman–Crippen MR) is 65.1 cm³/mol. The summed E-state index contributed by atoms with van der Waals surface area (Å²) in [6, 6.07) is 0.844. The zero-order valence-corrected chi connectivity index (χ0v) is 10.2. The van der Waals surface area contributed by atoms with E-state index in [0.29, 0.717) is 0 Å². The highest BCUT2D eigenvalue weighted by molar-refractivity contribution is 4.79. The van der Waals surface area contributed by atoms with Crippen molar-refractivity contribution >= 4 is 0 Å². The van der Waals surface area contributed by atoms with E-state index in [0.717, 1.165) is 12.0 Å². The van der Waals surface area contributed by atoms with E-state index in [-0.39, 0.29) is 0 Å². The molecule has 0 amide bonds. The van der Waals surface area contributed by atoms with Gasteiger partial charge in [-0.15, -0.1) is 0 Å². The highest BCUT2D eigenvalue weighted by atomic mass is 15.1. The van der Waals surface area contributed by atoms with Gasteiger partial charge in [-0.1, -0.05) is 13.3 Å². The number of nitrogens with zero attached hydrogens (tertiary/aromatic N) is 1. The predicted octanol–water partition coefficient (Wildman–Crippen LogP) is 2.25. The van der Waals surface area contributed by atoms with Crippen LogP contribution in [0.4, 0.5) is 0 Å². The Balaban J connectivity index is 1.67. The van der Waals surface area contributed by atoms with Crippen LogP contribution in [0.5, 0.6) is 0 Å². The minimum absolute atomic E-state index is 0.844. The van der Waals surface area contributed by atoms with Crippen molar-refractivity contribution in [3.63, 3.8) is 0 Å². The molecule has 2 heteroatoms. The van der Waals surface area contributed by atoms with Gasteiger partial charge in [0, 0.05) is 6.04 Å². The van der Waals surface area contributed by atoms with Gasteiger partial charge in [0.15, 0.2) is 0 Å². The molecule has 2 rings (SSSR count). The van der Waals surface area contributed by atoms with Gasteiger partial charge < -0.3 is 10.2 Å². The Bertz CT molecular complexity index is 167. The Labute approximate surface area is 94.4 Å². The standard InChI is InChI=1S/C13H26N2/c1-2-15-9-6-12(7-10-15)11-13-5-3-4-8-14-13/h12-14H,2-11H2,1H3. The average Bonchev–Trinajstić information content (AvgIpc) is 2.31. The molecule has 2 saturated heterocycles. The van der Waals surface area contributed by atoms with E-state index in [1.54, 1.807) is 0 Å². The highest BCUT2D eigenvalue weighted by Gasteiger charge is 2.22. The molecule has 0 bridgehead atoms. The van der Waals surface area contributed by atoms with Gasteiger partial charge in [-0.25, -0.2) is 0 Å². The number of nitrogens with one attached hydrogen (secondary N) is 1. The van der Waals surface area contributed by atoms with Crippen molar-refractivity contribution in [2.24, 2.45) is 5.92 Å². The van der Waals surface area contributed by atoms with E-state index in [2.05, 4.69) is 17.1 Å². The van der Waals surface area contributed by atoms with Crippen LogP contribution >= 0.6 is 0 Å². The van der Waals surface area contributed by atoms with Crippen LogP contribution < -0.4 is 5.32 Å². The van der Waals surface area contributed by atoms with Gasteiger partial charge >= 0.3 is 0 Å². The monoisotopic (exact) mass is 210 g/mol. The molecule has 15 heavy (non-hydrogen) atoms. The molecule has 2 fully saturated rings. The number of piperidine rings is 2. The van der Waals surface area contributed by atoms with E-state index in [4.69, 9.17) is 0 Å². The van der Waals surface area contributed by atoms with Gasteiger partial charge in [-0.2, -0.15) is 0 Å². The molecule has 2 aliphatic heterocycles. The molecule has 0 radical (unpaired) electrons. The quantitative estimate of drug-likeness (QED) is 0.768. The summed E-state index contributed by atoms with van der Waals surface area (Å²) in [6.45, 7) is 7.47. The molecule has 2 nitrogen and oxygen atoms in total. The minimum Gasteiger partial charge on any atom is -0.314 e. The molecular weight excluding hydrogens is 184 g/mol. The Morgan fingerprint density at radius 2 is 1.93 bits per heavy atom. The van der Waals surface area contributed by atoms with Crippen LogP contribution in [-0.2, 0) is 0 Å². The number of hydrogen-bond donors (Lipinski definition) is 1. The Hall–Kier alpha value is -0.0800. The normalized spacial score (nSPS) is 30.6. The fourth-order valence-electron chi connectivity index (χ4n) is 3.07. The highest BCUT2D eigenvalue weighted by Crippen LogP contribution is 2.24. The third kappa shape index (κ3) is 3.46. The van der Waals surface area contributed by atoms with Gasteiger partial charge in [-0.3, -0.25) is 0 Å². The second-order valence-electron chi connectivity index (χ2n) is 5.26. The summed E-state index contributed by atoms with van der Waals surface area (Å²) in [5.74, 6) is 1.00.